The number of hydrogen-bond donors (Lipinski definition) is 1. The van der Waals surface area contributed by atoms with E-state index in [1.807, 2.05) is 48.5 Å². The van der Waals surface area contributed by atoms with E-state index in [9.17, 15) is 0 Å². The minimum atomic E-state index is 0.644. The molecule has 1 aromatic carbocycles. The Hall–Kier alpha value is -1.97. The van der Waals surface area contributed by atoms with Gasteiger partial charge in [0.25, 0.3) is 0 Å². The van der Waals surface area contributed by atoms with Crippen LogP contribution in [0.3, 0.4) is 0 Å². The zero-order valence-corrected chi connectivity index (χ0v) is 11.6. The molecule has 0 aliphatic heterocycles. The molecule has 0 saturated carbocycles. The molecule has 3 nitrogen and oxygen atoms in total. The van der Waals surface area contributed by atoms with Crippen LogP contribution < -0.4 is 5.32 Å². The molecule has 0 amide bonds. The summed E-state index contributed by atoms with van der Waals surface area (Å²) in [7, 11) is 0. The molecule has 0 radical (unpaired) electrons. The monoisotopic (exact) mass is 287 g/mol. The molecule has 1 N–H and O–H groups in total. The SMILES string of the molecule is Clc1ccccc1-c1ccc(CNCc2ccco2)o1. The first-order chi connectivity index (χ1) is 9.83. The summed E-state index contributed by atoms with van der Waals surface area (Å²) in [6, 6.07) is 15.3. The quantitative estimate of drug-likeness (QED) is 0.752. The Kier molecular flexibility index (Phi) is 3.90. The van der Waals surface area contributed by atoms with E-state index in [-0.39, 0.29) is 0 Å². The molecule has 3 rings (SSSR count). The normalized spacial score (nSPS) is 10.8. The van der Waals surface area contributed by atoms with E-state index in [0.29, 0.717) is 18.1 Å². The van der Waals surface area contributed by atoms with Gasteiger partial charge in [-0.15, -0.1) is 0 Å². The van der Waals surface area contributed by atoms with Crippen molar-refractivity contribution in [2.45, 2.75) is 13.1 Å². The second kappa shape index (κ2) is 5.99. The number of nitrogens with one attached hydrogen (secondary N) is 1. The molecule has 0 aliphatic carbocycles. The van der Waals surface area contributed by atoms with Crippen molar-refractivity contribution in [1.29, 1.82) is 0 Å². The summed E-state index contributed by atoms with van der Waals surface area (Å²) in [6.07, 6.45) is 1.67. The predicted molar refractivity (Wildman–Crippen MR) is 78.4 cm³/mol. The predicted octanol–water partition coefficient (Wildman–Crippen LogP) is 4.48. The van der Waals surface area contributed by atoms with E-state index in [2.05, 4.69) is 5.32 Å². The zero-order valence-electron chi connectivity index (χ0n) is 10.8. The summed E-state index contributed by atoms with van der Waals surface area (Å²) in [4.78, 5) is 0. The molecule has 0 fully saturated rings. The number of benzene rings is 1. The van der Waals surface area contributed by atoms with Crippen LogP contribution in [0.1, 0.15) is 11.5 Å². The summed E-state index contributed by atoms with van der Waals surface area (Å²) in [5.74, 6) is 2.56. The number of halogens is 1. The van der Waals surface area contributed by atoms with Crippen molar-refractivity contribution in [3.63, 3.8) is 0 Å². The fraction of sp³-hybridized carbons (Fsp3) is 0.125. The maximum atomic E-state index is 6.15. The van der Waals surface area contributed by atoms with Crippen LogP contribution in [0.15, 0.2) is 63.6 Å². The molecule has 0 saturated heterocycles. The standard InChI is InChI=1S/C16H14ClNO2/c17-15-6-2-1-5-14(15)16-8-7-13(20-16)11-18-10-12-4-3-9-19-12/h1-9,18H,10-11H2. The lowest BCUT2D eigenvalue weighted by atomic mass is 10.2. The lowest BCUT2D eigenvalue weighted by molar-refractivity contribution is 0.455. The Morgan fingerprint density at radius 3 is 2.55 bits per heavy atom. The molecule has 0 bridgehead atoms. The third kappa shape index (κ3) is 2.95. The van der Waals surface area contributed by atoms with Gasteiger partial charge in [0.05, 0.1) is 24.4 Å². The van der Waals surface area contributed by atoms with E-state index >= 15 is 0 Å². The van der Waals surface area contributed by atoms with Crippen molar-refractivity contribution in [1.82, 2.24) is 5.32 Å². The first-order valence-corrected chi connectivity index (χ1v) is 6.77. The van der Waals surface area contributed by atoms with Gasteiger partial charge < -0.3 is 14.2 Å². The molecule has 2 heterocycles. The molecule has 20 heavy (non-hydrogen) atoms. The van der Waals surface area contributed by atoms with E-state index in [1.165, 1.54) is 0 Å². The third-order valence-electron chi connectivity index (χ3n) is 2.98. The highest BCUT2D eigenvalue weighted by atomic mass is 35.5. The fourth-order valence-corrected chi connectivity index (χ4v) is 2.23. The Morgan fingerprint density at radius 2 is 1.75 bits per heavy atom. The van der Waals surface area contributed by atoms with Gasteiger partial charge in [-0.05, 0) is 36.4 Å². The summed E-state index contributed by atoms with van der Waals surface area (Å²) in [5, 5.41) is 3.95. The van der Waals surface area contributed by atoms with Crippen molar-refractivity contribution >= 4 is 11.6 Å². The van der Waals surface area contributed by atoms with E-state index in [4.69, 9.17) is 20.4 Å². The van der Waals surface area contributed by atoms with Crippen LogP contribution in [-0.4, -0.2) is 0 Å². The van der Waals surface area contributed by atoms with E-state index < -0.39 is 0 Å². The van der Waals surface area contributed by atoms with Gasteiger partial charge in [0.15, 0.2) is 0 Å². The summed E-state index contributed by atoms with van der Waals surface area (Å²) >= 11 is 6.15. The molecular formula is C16H14ClNO2. The van der Waals surface area contributed by atoms with E-state index in [1.54, 1.807) is 6.26 Å². The molecule has 0 atom stereocenters. The van der Waals surface area contributed by atoms with Gasteiger partial charge in [-0.2, -0.15) is 0 Å². The van der Waals surface area contributed by atoms with Gasteiger partial charge in [-0.3, -0.25) is 0 Å². The molecule has 0 spiro atoms. The lowest BCUT2D eigenvalue weighted by Gasteiger charge is -2.01. The van der Waals surface area contributed by atoms with Gasteiger partial charge in [0.1, 0.15) is 17.3 Å². The first kappa shape index (κ1) is 13.0. The lowest BCUT2D eigenvalue weighted by Crippen LogP contribution is -2.11. The zero-order chi connectivity index (χ0) is 13.8. The Labute approximate surface area is 122 Å². The summed E-state index contributed by atoms with van der Waals surface area (Å²) in [6.45, 7) is 1.32. The van der Waals surface area contributed by atoms with E-state index in [0.717, 1.165) is 22.8 Å². The van der Waals surface area contributed by atoms with Crippen molar-refractivity contribution in [3.05, 3.63) is 71.3 Å². The van der Waals surface area contributed by atoms with Crippen LogP contribution in [0.2, 0.25) is 5.02 Å². The molecule has 0 unspecified atom stereocenters. The van der Waals surface area contributed by atoms with Crippen LogP contribution in [0.4, 0.5) is 0 Å². The van der Waals surface area contributed by atoms with Crippen LogP contribution in [0.5, 0.6) is 0 Å². The van der Waals surface area contributed by atoms with Gasteiger partial charge in [0, 0.05) is 5.56 Å². The summed E-state index contributed by atoms with van der Waals surface area (Å²) < 4.78 is 11.0. The van der Waals surface area contributed by atoms with Crippen LogP contribution >= 0.6 is 11.6 Å². The largest absolute Gasteiger partial charge is 0.468 e. The van der Waals surface area contributed by atoms with Crippen LogP contribution in [0.25, 0.3) is 11.3 Å². The average molecular weight is 288 g/mol. The topological polar surface area (TPSA) is 38.3 Å². The van der Waals surface area contributed by atoms with Crippen molar-refractivity contribution in [2.24, 2.45) is 0 Å². The second-order valence-electron chi connectivity index (χ2n) is 4.43. The smallest absolute Gasteiger partial charge is 0.135 e. The first-order valence-electron chi connectivity index (χ1n) is 6.39. The van der Waals surface area contributed by atoms with Crippen LogP contribution in [-0.2, 0) is 13.1 Å². The van der Waals surface area contributed by atoms with Crippen LogP contribution in [0, 0.1) is 0 Å². The van der Waals surface area contributed by atoms with Gasteiger partial charge in [-0.25, -0.2) is 0 Å². The molecular weight excluding hydrogens is 274 g/mol. The maximum Gasteiger partial charge on any atom is 0.135 e. The number of furan rings is 2. The minimum Gasteiger partial charge on any atom is -0.468 e. The molecule has 4 heteroatoms. The summed E-state index contributed by atoms with van der Waals surface area (Å²) in [5.41, 5.74) is 0.909. The van der Waals surface area contributed by atoms with Gasteiger partial charge in [-0.1, -0.05) is 23.7 Å². The minimum absolute atomic E-state index is 0.644. The number of hydrogen-bond acceptors (Lipinski definition) is 3. The Balaban J connectivity index is 1.64. The molecule has 2 aromatic heterocycles. The Morgan fingerprint density at radius 1 is 0.900 bits per heavy atom. The van der Waals surface area contributed by atoms with Gasteiger partial charge in [0.2, 0.25) is 0 Å². The highest BCUT2D eigenvalue weighted by molar-refractivity contribution is 6.33. The van der Waals surface area contributed by atoms with Crippen molar-refractivity contribution in [2.75, 3.05) is 0 Å². The Bertz CT molecular complexity index is 673. The molecule has 102 valence electrons. The van der Waals surface area contributed by atoms with Gasteiger partial charge >= 0.3 is 0 Å². The molecule has 0 aliphatic rings. The maximum absolute atomic E-state index is 6.15. The fourth-order valence-electron chi connectivity index (χ4n) is 2.00. The van der Waals surface area contributed by atoms with Crippen molar-refractivity contribution in [3.8, 4) is 11.3 Å². The average Bonchev–Trinajstić information content (AvgIpc) is 3.11. The highest BCUT2D eigenvalue weighted by Crippen LogP contribution is 2.28. The third-order valence-corrected chi connectivity index (χ3v) is 3.31. The van der Waals surface area contributed by atoms with Crippen molar-refractivity contribution < 1.29 is 8.83 Å². The second-order valence-corrected chi connectivity index (χ2v) is 4.84. The molecule has 3 aromatic rings. The number of rotatable bonds is 5. The highest BCUT2D eigenvalue weighted by Gasteiger charge is 2.07.